The van der Waals surface area contributed by atoms with Crippen LogP contribution in [0, 0.1) is 0 Å². The number of aromatic nitrogens is 2. The molecule has 7 heteroatoms. The quantitative estimate of drug-likeness (QED) is 0.340. The van der Waals surface area contributed by atoms with E-state index in [0.29, 0.717) is 11.7 Å². The first kappa shape index (κ1) is 20.9. The third kappa shape index (κ3) is 4.23. The Kier molecular flexibility index (Phi) is 6.11. The van der Waals surface area contributed by atoms with Gasteiger partial charge in [-0.05, 0) is 73.2 Å². The number of allylic oxidation sites excluding steroid dienone is 1. The van der Waals surface area contributed by atoms with Gasteiger partial charge in [0.1, 0.15) is 11.9 Å². The third-order valence-electron chi connectivity index (χ3n) is 5.26. The number of anilines is 1. The van der Waals surface area contributed by atoms with Gasteiger partial charge in [0.05, 0.1) is 5.75 Å². The second kappa shape index (κ2) is 8.78. The van der Waals surface area contributed by atoms with Crippen molar-refractivity contribution in [3.05, 3.63) is 62.8 Å². The molecule has 0 fully saturated rings. The fraction of sp³-hybridized carbons (Fsp3) is 0.348. The number of aromatic amines is 1. The van der Waals surface area contributed by atoms with Gasteiger partial charge in [0.15, 0.2) is 4.83 Å². The number of thioether (sulfide) groups is 1. The van der Waals surface area contributed by atoms with Crippen molar-refractivity contribution in [3.63, 3.8) is 0 Å². The van der Waals surface area contributed by atoms with Gasteiger partial charge in [-0.25, -0.2) is 9.78 Å². The van der Waals surface area contributed by atoms with E-state index >= 15 is 0 Å². The van der Waals surface area contributed by atoms with Crippen LogP contribution in [0.15, 0.2) is 46.4 Å². The van der Waals surface area contributed by atoms with Crippen LogP contribution in [0.25, 0.3) is 10.2 Å². The molecule has 30 heavy (non-hydrogen) atoms. The average molecular weight is 441 g/mol. The van der Waals surface area contributed by atoms with E-state index in [1.54, 1.807) is 15.9 Å². The molecule has 3 aromatic rings. The number of benzene rings is 1. The van der Waals surface area contributed by atoms with E-state index in [0.717, 1.165) is 47.2 Å². The number of thiophene rings is 1. The fourth-order valence-electron chi connectivity index (χ4n) is 3.79. The number of H-pyrrole nitrogens is 1. The van der Waals surface area contributed by atoms with Crippen LogP contribution in [-0.2, 0) is 30.6 Å². The first-order valence-electron chi connectivity index (χ1n) is 10.2. The van der Waals surface area contributed by atoms with Crippen molar-refractivity contribution in [2.45, 2.75) is 51.2 Å². The van der Waals surface area contributed by atoms with Crippen LogP contribution in [0.1, 0.15) is 36.3 Å². The maximum absolute atomic E-state index is 13.3. The number of hydrogen-bond acceptors (Lipinski definition) is 4. The Balaban J connectivity index is 1.57. The Morgan fingerprint density at radius 3 is 2.77 bits per heavy atom. The van der Waals surface area contributed by atoms with Crippen LogP contribution in [0.5, 0.6) is 0 Å². The summed E-state index contributed by atoms with van der Waals surface area (Å²) in [7, 11) is 0. The Bertz CT molecular complexity index is 1180. The Labute approximate surface area is 184 Å². The highest BCUT2D eigenvalue weighted by molar-refractivity contribution is 7.99. The molecule has 0 atom stereocenters. The van der Waals surface area contributed by atoms with E-state index in [-0.39, 0.29) is 17.2 Å². The topological polar surface area (TPSA) is 65.2 Å². The molecule has 4 rings (SSSR count). The largest absolute Gasteiger partial charge is 0.347 e. The fourth-order valence-corrected chi connectivity index (χ4v) is 5.96. The van der Waals surface area contributed by atoms with Crippen LogP contribution >= 0.6 is 23.1 Å². The molecule has 5 nitrogen and oxygen atoms in total. The van der Waals surface area contributed by atoms with Gasteiger partial charge in [-0.1, -0.05) is 37.0 Å². The maximum atomic E-state index is 13.3. The van der Waals surface area contributed by atoms with E-state index in [2.05, 4.69) is 23.8 Å². The number of carbonyl (C=O) groups is 1. The summed E-state index contributed by atoms with van der Waals surface area (Å²) >= 11 is 3.03. The zero-order chi connectivity index (χ0) is 21.3. The van der Waals surface area contributed by atoms with Gasteiger partial charge in [-0.15, -0.1) is 0 Å². The minimum atomic E-state index is -0.0965. The Morgan fingerprint density at radius 1 is 1.30 bits per heavy atom. The van der Waals surface area contributed by atoms with Crippen LogP contribution in [0.4, 0.5) is 5.69 Å². The molecule has 0 saturated carbocycles. The number of nitrogens with zero attached hydrogens (tertiary/aromatic N) is 1. The molecule has 1 aromatic carbocycles. The second-order valence-electron chi connectivity index (χ2n) is 7.73. The standard InChI is InChI=1S/C23H25N3O2S2/c1-4-15-8-10-16(11-9-15)24-19(27)13-29-23-25-21-20(17-6-5-7-18(17)30-21)22(28)26(23)12-14(2)3/h8-11H,2,4-7,12-13H2,1,3H3,(H,24,27)/p+1. The molecule has 2 heterocycles. The summed E-state index contributed by atoms with van der Waals surface area (Å²) in [6.45, 7) is 8.44. The van der Waals surface area contributed by atoms with Crippen molar-refractivity contribution in [1.29, 1.82) is 0 Å². The van der Waals surface area contributed by atoms with E-state index in [1.807, 2.05) is 31.2 Å². The van der Waals surface area contributed by atoms with Gasteiger partial charge in [-0.2, -0.15) is 4.57 Å². The summed E-state index contributed by atoms with van der Waals surface area (Å²) in [4.78, 5) is 31.4. The summed E-state index contributed by atoms with van der Waals surface area (Å²) in [5.74, 6) is 0.124. The average Bonchev–Trinajstić information content (AvgIpc) is 3.30. The number of aryl methyl sites for hydroxylation is 3. The molecule has 0 radical (unpaired) electrons. The van der Waals surface area contributed by atoms with Crippen LogP contribution in [0.2, 0.25) is 0 Å². The van der Waals surface area contributed by atoms with Crippen LogP contribution in [0.3, 0.4) is 0 Å². The maximum Gasteiger partial charge on any atom is 0.347 e. The lowest BCUT2D eigenvalue weighted by Crippen LogP contribution is -2.30. The number of rotatable bonds is 7. The molecule has 0 saturated heterocycles. The van der Waals surface area contributed by atoms with Crippen molar-refractivity contribution < 1.29 is 9.78 Å². The molecule has 2 N–H and O–H groups in total. The lowest BCUT2D eigenvalue weighted by molar-refractivity contribution is -0.404. The monoisotopic (exact) mass is 440 g/mol. The lowest BCUT2D eigenvalue weighted by Gasteiger charge is -2.07. The summed E-state index contributed by atoms with van der Waals surface area (Å²) in [5.41, 5.74) is 4.14. The minimum absolute atomic E-state index is 0.0178. The van der Waals surface area contributed by atoms with Gasteiger partial charge in [0.2, 0.25) is 5.91 Å². The van der Waals surface area contributed by atoms with Crippen molar-refractivity contribution in [2.24, 2.45) is 0 Å². The van der Waals surface area contributed by atoms with E-state index in [1.165, 1.54) is 27.8 Å². The normalized spacial score (nSPS) is 12.9. The highest BCUT2D eigenvalue weighted by Gasteiger charge is 2.27. The number of fused-ring (bicyclic) bond motifs is 3. The van der Waals surface area contributed by atoms with Gasteiger partial charge >= 0.3 is 10.7 Å². The highest BCUT2D eigenvalue weighted by atomic mass is 32.2. The van der Waals surface area contributed by atoms with Crippen molar-refractivity contribution in [1.82, 2.24) is 4.57 Å². The predicted molar refractivity (Wildman–Crippen MR) is 125 cm³/mol. The number of amides is 1. The third-order valence-corrected chi connectivity index (χ3v) is 7.47. The first-order valence-corrected chi connectivity index (χ1v) is 12.0. The second-order valence-corrected chi connectivity index (χ2v) is 9.80. The molecule has 2 aromatic heterocycles. The predicted octanol–water partition coefficient (Wildman–Crippen LogP) is 4.24. The molecule has 0 unspecified atom stereocenters. The van der Waals surface area contributed by atoms with Crippen molar-refractivity contribution in [2.75, 3.05) is 11.1 Å². The first-order chi connectivity index (χ1) is 14.5. The number of nitrogens with one attached hydrogen (secondary N) is 2. The summed E-state index contributed by atoms with van der Waals surface area (Å²) in [5, 5.41) is 4.45. The molecular weight excluding hydrogens is 414 g/mol. The zero-order valence-electron chi connectivity index (χ0n) is 17.3. The van der Waals surface area contributed by atoms with E-state index < -0.39 is 0 Å². The van der Waals surface area contributed by atoms with E-state index in [9.17, 15) is 9.59 Å². The number of hydrogen-bond donors (Lipinski definition) is 1. The Hall–Kier alpha value is -2.38. The smallest absolute Gasteiger partial charge is 0.325 e. The summed E-state index contributed by atoms with van der Waals surface area (Å²) in [6.07, 6.45) is 4.10. The van der Waals surface area contributed by atoms with Crippen LogP contribution in [-0.4, -0.2) is 16.2 Å². The molecule has 0 bridgehead atoms. The lowest BCUT2D eigenvalue weighted by atomic mass is 10.1. The molecule has 0 aliphatic heterocycles. The SMILES string of the molecule is C=C(C)Cn1c(SCC(=O)Nc2ccc(CC)cc2)[nH+]c2sc3c(c2c1=O)CCC3. The molecular formula is C23H26N3O2S2+. The van der Waals surface area contributed by atoms with Gasteiger partial charge in [-0.3, -0.25) is 4.79 Å². The molecule has 1 amide bonds. The van der Waals surface area contributed by atoms with Crippen LogP contribution < -0.4 is 15.9 Å². The van der Waals surface area contributed by atoms with Gasteiger partial charge < -0.3 is 5.32 Å². The van der Waals surface area contributed by atoms with Crippen molar-refractivity contribution in [3.8, 4) is 0 Å². The zero-order valence-corrected chi connectivity index (χ0v) is 19.0. The number of carbonyl (C=O) groups excluding carboxylic acids is 1. The highest BCUT2D eigenvalue weighted by Crippen LogP contribution is 2.34. The van der Waals surface area contributed by atoms with Crippen molar-refractivity contribution >= 4 is 44.9 Å². The molecule has 156 valence electrons. The van der Waals surface area contributed by atoms with Gasteiger partial charge in [0.25, 0.3) is 0 Å². The van der Waals surface area contributed by atoms with E-state index in [4.69, 9.17) is 0 Å². The Morgan fingerprint density at radius 2 is 2.07 bits per heavy atom. The summed E-state index contributed by atoms with van der Waals surface area (Å²) in [6, 6.07) is 7.88. The van der Waals surface area contributed by atoms with Gasteiger partial charge in [0, 0.05) is 10.6 Å². The molecule has 1 aliphatic carbocycles. The molecule has 1 aliphatic rings. The minimum Gasteiger partial charge on any atom is -0.325 e. The molecule has 0 spiro atoms. The summed E-state index contributed by atoms with van der Waals surface area (Å²) < 4.78 is 1.73.